The first-order chi connectivity index (χ1) is 11.3. The van der Waals surface area contributed by atoms with Gasteiger partial charge in [0, 0.05) is 18.3 Å². The molecule has 6 bridgehead atoms. The molecule has 5 nitrogen and oxygen atoms in total. The predicted molar refractivity (Wildman–Crippen MR) is 88.3 cm³/mol. The fourth-order valence-electron chi connectivity index (χ4n) is 2.84. The third-order valence-corrected chi connectivity index (χ3v) is 4.04. The highest BCUT2D eigenvalue weighted by Gasteiger charge is 2.16. The van der Waals surface area contributed by atoms with Gasteiger partial charge in [0.05, 0.1) is 6.20 Å². The van der Waals surface area contributed by atoms with Crippen LogP contribution in [0.1, 0.15) is 18.4 Å². The molecule has 4 rings (SSSR count). The number of aryl methyl sites for hydroxylation is 1. The number of nitrogens with one attached hydrogen (secondary N) is 2. The molecule has 0 spiro atoms. The third kappa shape index (κ3) is 3.06. The number of nitrogens with zero attached hydrogens (tertiary/aromatic N) is 3. The largest absolute Gasteiger partial charge is 0.338 e. The lowest BCUT2D eigenvalue weighted by atomic mass is 9.94. The van der Waals surface area contributed by atoms with Crippen LogP contribution in [0.2, 0.25) is 0 Å². The van der Waals surface area contributed by atoms with Crippen molar-refractivity contribution in [2.45, 2.75) is 19.3 Å². The highest BCUT2D eigenvalue weighted by Crippen LogP contribution is 2.24. The van der Waals surface area contributed by atoms with Crippen molar-refractivity contribution >= 4 is 23.3 Å². The topological polar surface area (TPSA) is 62.2 Å². The van der Waals surface area contributed by atoms with Crippen molar-refractivity contribution in [2.75, 3.05) is 10.6 Å². The number of hydrogen-bond donors (Lipinski definition) is 2. The zero-order valence-electron chi connectivity index (χ0n) is 12.5. The summed E-state index contributed by atoms with van der Waals surface area (Å²) < 4.78 is 14.0. The Morgan fingerprint density at radius 2 is 2.17 bits per heavy atom. The van der Waals surface area contributed by atoms with Crippen molar-refractivity contribution < 1.29 is 4.39 Å². The molecule has 23 heavy (non-hydrogen) atoms. The number of aliphatic imine (C=N–C) groups is 1. The van der Waals surface area contributed by atoms with Crippen LogP contribution in [-0.4, -0.2) is 15.8 Å². The quantitative estimate of drug-likeness (QED) is 0.780. The van der Waals surface area contributed by atoms with Gasteiger partial charge in [-0.3, -0.25) is 0 Å². The number of allylic oxidation sites excluding steroid dienone is 1. The van der Waals surface area contributed by atoms with Crippen molar-refractivity contribution in [3.8, 4) is 0 Å². The first-order valence-corrected chi connectivity index (χ1v) is 7.65. The summed E-state index contributed by atoms with van der Waals surface area (Å²) in [6.07, 6.45) is 7.91. The van der Waals surface area contributed by atoms with Crippen molar-refractivity contribution in [1.82, 2.24) is 9.97 Å². The summed E-state index contributed by atoms with van der Waals surface area (Å²) in [5.41, 5.74) is 2.04. The minimum atomic E-state index is -0.487. The van der Waals surface area contributed by atoms with E-state index in [0.717, 1.165) is 37.0 Å². The second kappa shape index (κ2) is 5.79. The first kappa shape index (κ1) is 13.9. The van der Waals surface area contributed by atoms with E-state index in [1.54, 1.807) is 0 Å². The molecule has 116 valence electrons. The zero-order valence-corrected chi connectivity index (χ0v) is 12.5. The van der Waals surface area contributed by atoms with Crippen LogP contribution < -0.4 is 10.6 Å². The Bertz CT molecular complexity index is 799. The van der Waals surface area contributed by atoms with Crippen LogP contribution in [0.3, 0.4) is 0 Å². The molecular weight excluding hydrogens is 293 g/mol. The maximum atomic E-state index is 14.0. The second-order valence-electron chi connectivity index (χ2n) is 5.76. The van der Waals surface area contributed by atoms with Gasteiger partial charge in [-0.1, -0.05) is 18.2 Å². The SMILES string of the molecule is Fc1cnc2nc1Nc1cccc(c1)CCC1C=CN=C(C1)N2. The molecule has 2 N–H and O–H groups in total. The number of anilines is 3. The molecule has 0 saturated carbocycles. The molecular formula is C17H16FN5. The summed E-state index contributed by atoms with van der Waals surface area (Å²) in [7, 11) is 0. The van der Waals surface area contributed by atoms with Crippen molar-refractivity contribution in [3.05, 3.63) is 54.1 Å². The van der Waals surface area contributed by atoms with Gasteiger partial charge in [0.2, 0.25) is 5.95 Å². The van der Waals surface area contributed by atoms with Crippen LogP contribution in [0.25, 0.3) is 0 Å². The lowest BCUT2D eigenvalue weighted by Crippen LogP contribution is -2.20. The highest BCUT2D eigenvalue weighted by molar-refractivity contribution is 5.95. The van der Waals surface area contributed by atoms with Crippen molar-refractivity contribution in [3.63, 3.8) is 0 Å². The number of fused-ring (bicyclic) bond motifs is 6. The molecule has 0 radical (unpaired) electrons. The Hall–Kier alpha value is -2.76. The van der Waals surface area contributed by atoms with Gasteiger partial charge in [-0.15, -0.1) is 0 Å². The first-order valence-electron chi connectivity index (χ1n) is 7.65. The Kier molecular flexibility index (Phi) is 3.49. The smallest absolute Gasteiger partial charge is 0.230 e. The van der Waals surface area contributed by atoms with Gasteiger partial charge in [0.25, 0.3) is 0 Å². The molecule has 1 unspecified atom stereocenters. The number of benzene rings is 1. The van der Waals surface area contributed by atoms with E-state index in [-0.39, 0.29) is 5.82 Å². The lowest BCUT2D eigenvalue weighted by Gasteiger charge is -2.17. The van der Waals surface area contributed by atoms with E-state index in [1.165, 1.54) is 5.56 Å². The van der Waals surface area contributed by atoms with Crippen LogP contribution >= 0.6 is 0 Å². The van der Waals surface area contributed by atoms with E-state index in [2.05, 4.69) is 37.7 Å². The number of hydrogen-bond acceptors (Lipinski definition) is 5. The van der Waals surface area contributed by atoms with E-state index in [9.17, 15) is 4.39 Å². The monoisotopic (exact) mass is 309 g/mol. The minimum Gasteiger partial charge on any atom is -0.338 e. The number of amidine groups is 1. The second-order valence-corrected chi connectivity index (χ2v) is 5.76. The molecule has 1 aromatic carbocycles. The summed E-state index contributed by atoms with van der Waals surface area (Å²) in [5, 5.41) is 6.12. The van der Waals surface area contributed by atoms with Gasteiger partial charge in [-0.2, -0.15) is 4.98 Å². The van der Waals surface area contributed by atoms with Gasteiger partial charge in [0.1, 0.15) is 5.84 Å². The minimum absolute atomic E-state index is 0.155. The summed E-state index contributed by atoms with van der Waals surface area (Å²) in [6, 6.07) is 8.00. The van der Waals surface area contributed by atoms with Crippen molar-refractivity contribution in [1.29, 1.82) is 0 Å². The molecule has 3 heterocycles. The predicted octanol–water partition coefficient (Wildman–Crippen LogP) is 3.65. The summed E-state index contributed by atoms with van der Waals surface area (Å²) in [5.74, 6) is 1.24. The van der Waals surface area contributed by atoms with Crippen LogP contribution in [-0.2, 0) is 6.42 Å². The van der Waals surface area contributed by atoms with Gasteiger partial charge in [-0.05, 0) is 36.5 Å². The number of rotatable bonds is 0. The number of halogens is 1. The molecule has 6 heteroatoms. The molecule has 2 aliphatic heterocycles. The van der Waals surface area contributed by atoms with E-state index >= 15 is 0 Å². The molecule has 0 saturated heterocycles. The van der Waals surface area contributed by atoms with Gasteiger partial charge >= 0.3 is 0 Å². The van der Waals surface area contributed by atoms with Crippen molar-refractivity contribution in [2.24, 2.45) is 10.9 Å². The highest BCUT2D eigenvalue weighted by atomic mass is 19.1. The Labute approximate surface area is 133 Å². The molecule has 2 aliphatic rings. The summed E-state index contributed by atoms with van der Waals surface area (Å²) in [4.78, 5) is 12.6. The Balaban J connectivity index is 1.76. The van der Waals surface area contributed by atoms with E-state index in [4.69, 9.17) is 0 Å². The van der Waals surface area contributed by atoms with E-state index in [1.807, 2.05) is 24.4 Å². The molecule has 2 aromatic rings. The van der Waals surface area contributed by atoms with Gasteiger partial charge < -0.3 is 10.6 Å². The molecule has 0 fully saturated rings. The lowest BCUT2D eigenvalue weighted by molar-refractivity contribution is 0.605. The fourth-order valence-corrected chi connectivity index (χ4v) is 2.84. The maximum absolute atomic E-state index is 14.0. The normalized spacial score (nSPS) is 19.3. The Morgan fingerprint density at radius 1 is 1.22 bits per heavy atom. The average Bonchev–Trinajstić information content (AvgIpc) is 2.57. The third-order valence-electron chi connectivity index (χ3n) is 4.04. The molecule has 0 amide bonds. The fraction of sp³-hybridized carbons (Fsp3) is 0.235. The van der Waals surface area contributed by atoms with Crippen LogP contribution in [0.15, 0.2) is 47.7 Å². The van der Waals surface area contributed by atoms with Crippen LogP contribution in [0.4, 0.5) is 21.8 Å². The zero-order chi connectivity index (χ0) is 15.6. The van der Waals surface area contributed by atoms with Crippen LogP contribution in [0, 0.1) is 11.7 Å². The van der Waals surface area contributed by atoms with Gasteiger partial charge in [-0.25, -0.2) is 14.4 Å². The summed E-state index contributed by atoms with van der Waals surface area (Å²) >= 11 is 0. The van der Waals surface area contributed by atoms with Gasteiger partial charge in [0.15, 0.2) is 11.6 Å². The summed E-state index contributed by atoms with van der Waals surface area (Å²) in [6.45, 7) is 0. The number of aromatic nitrogens is 2. The molecule has 1 atom stereocenters. The van der Waals surface area contributed by atoms with E-state index in [0.29, 0.717) is 11.9 Å². The molecule has 1 aromatic heterocycles. The Morgan fingerprint density at radius 3 is 3.13 bits per heavy atom. The molecule has 0 aliphatic carbocycles. The van der Waals surface area contributed by atoms with Crippen LogP contribution in [0.5, 0.6) is 0 Å². The maximum Gasteiger partial charge on any atom is 0.230 e. The average molecular weight is 309 g/mol. The standard InChI is InChI=1S/C17H16FN5/c18-14-10-20-17-22-15-9-12(6-7-19-15)5-4-11-2-1-3-13(8-11)21-16(14)23-17/h1-3,6-8,10,12H,4-5,9H2,(H2,19,20,21,22,23). The van der Waals surface area contributed by atoms with E-state index < -0.39 is 5.82 Å².